The highest BCUT2D eigenvalue weighted by atomic mass is 35.5. The Hall–Kier alpha value is -0.280. The molecule has 0 aliphatic heterocycles. The minimum Gasteiger partial charge on any atom is -0.343 e. The SMILES string of the molecule is CCCCN(CCCC)C(=O)CCCCCCCN.Cl. The summed E-state index contributed by atoms with van der Waals surface area (Å²) < 4.78 is 0. The van der Waals surface area contributed by atoms with Gasteiger partial charge in [0.05, 0.1) is 0 Å². The van der Waals surface area contributed by atoms with Gasteiger partial charge >= 0.3 is 0 Å². The number of rotatable bonds is 13. The smallest absolute Gasteiger partial charge is 0.222 e. The first-order chi connectivity index (χ1) is 9.26. The van der Waals surface area contributed by atoms with Gasteiger partial charge in [-0.2, -0.15) is 0 Å². The van der Waals surface area contributed by atoms with Crippen molar-refractivity contribution in [1.82, 2.24) is 4.90 Å². The van der Waals surface area contributed by atoms with Crippen molar-refractivity contribution in [2.75, 3.05) is 19.6 Å². The molecule has 0 saturated carbocycles. The number of amides is 1. The number of unbranched alkanes of at least 4 members (excludes halogenated alkanes) is 6. The molecule has 4 heteroatoms. The molecule has 0 aliphatic rings. The number of hydrogen-bond acceptors (Lipinski definition) is 2. The maximum absolute atomic E-state index is 12.1. The molecule has 0 spiro atoms. The lowest BCUT2D eigenvalue weighted by molar-refractivity contribution is -0.131. The first kappa shape index (κ1) is 22.0. The van der Waals surface area contributed by atoms with Crippen molar-refractivity contribution < 1.29 is 4.79 Å². The van der Waals surface area contributed by atoms with Crippen molar-refractivity contribution in [3.8, 4) is 0 Å². The molecule has 122 valence electrons. The fourth-order valence-electron chi connectivity index (χ4n) is 2.17. The van der Waals surface area contributed by atoms with Gasteiger partial charge in [-0.15, -0.1) is 12.4 Å². The van der Waals surface area contributed by atoms with Crippen LogP contribution in [-0.4, -0.2) is 30.4 Å². The number of carbonyl (C=O) groups excluding carboxylic acids is 1. The third kappa shape index (κ3) is 12.7. The van der Waals surface area contributed by atoms with Gasteiger partial charge in [0.25, 0.3) is 0 Å². The van der Waals surface area contributed by atoms with Crippen molar-refractivity contribution in [2.24, 2.45) is 5.73 Å². The summed E-state index contributed by atoms with van der Waals surface area (Å²) >= 11 is 0. The third-order valence-electron chi connectivity index (χ3n) is 3.51. The van der Waals surface area contributed by atoms with E-state index in [4.69, 9.17) is 5.73 Å². The maximum atomic E-state index is 12.1. The third-order valence-corrected chi connectivity index (χ3v) is 3.51. The van der Waals surface area contributed by atoms with E-state index >= 15 is 0 Å². The lowest BCUT2D eigenvalue weighted by Gasteiger charge is -2.22. The minimum absolute atomic E-state index is 0. The number of halogens is 1. The Morgan fingerprint density at radius 2 is 1.35 bits per heavy atom. The van der Waals surface area contributed by atoms with E-state index in [0.29, 0.717) is 5.91 Å². The van der Waals surface area contributed by atoms with Gasteiger partial charge < -0.3 is 10.6 Å². The van der Waals surface area contributed by atoms with Crippen LogP contribution in [0, 0.1) is 0 Å². The van der Waals surface area contributed by atoms with Crippen molar-refractivity contribution in [3.05, 3.63) is 0 Å². The molecule has 0 heterocycles. The van der Waals surface area contributed by atoms with Crippen LogP contribution in [0.4, 0.5) is 0 Å². The normalized spacial score (nSPS) is 10.2. The molecule has 0 fully saturated rings. The fourth-order valence-corrected chi connectivity index (χ4v) is 2.17. The zero-order valence-corrected chi connectivity index (χ0v) is 14.3. The van der Waals surface area contributed by atoms with Crippen LogP contribution in [0.5, 0.6) is 0 Å². The second kappa shape index (κ2) is 16.8. The van der Waals surface area contributed by atoms with E-state index in [1.807, 2.05) is 0 Å². The van der Waals surface area contributed by atoms with Crippen LogP contribution < -0.4 is 5.73 Å². The summed E-state index contributed by atoms with van der Waals surface area (Å²) in [6, 6.07) is 0. The first-order valence-electron chi connectivity index (χ1n) is 8.24. The molecule has 0 bridgehead atoms. The molecule has 3 nitrogen and oxygen atoms in total. The van der Waals surface area contributed by atoms with Gasteiger partial charge in [0.1, 0.15) is 0 Å². The molecule has 1 amide bonds. The molecule has 0 atom stereocenters. The summed E-state index contributed by atoms with van der Waals surface area (Å²) in [4.78, 5) is 14.2. The molecule has 20 heavy (non-hydrogen) atoms. The summed E-state index contributed by atoms with van der Waals surface area (Å²) in [5, 5.41) is 0. The first-order valence-corrected chi connectivity index (χ1v) is 8.24. The van der Waals surface area contributed by atoms with Crippen molar-refractivity contribution in [1.29, 1.82) is 0 Å². The number of nitrogens with two attached hydrogens (primary N) is 1. The molecular weight excluding hydrogens is 272 g/mol. The van der Waals surface area contributed by atoms with Crippen LogP contribution in [0.1, 0.15) is 78.1 Å². The Balaban J connectivity index is 0. The van der Waals surface area contributed by atoms with Crippen LogP contribution in [0.15, 0.2) is 0 Å². The van der Waals surface area contributed by atoms with Crippen LogP contribution in [0.2, 0.25) is 0 Å². The summed E-state index contributed by atoms with van der Waals surface area (Å²) in [6.07, 6.45) is 11.1. The van der Waals surface area contributed by atoms with E-state index < -0.39 is 0 Å². The van der Waals surface area contributed by atoms with E-state index in [1.165, 1.54) is 19.3 Å². The molecule has 0 aliphatic carbocycles. The zero-order chi connectivity index (χ0) is 14.3. The standard InChI is InChI=1S/C16H34N2O.ClH/c1-3-5-14-18(15-6-4-2)16(19)12-10-8-7-9-11-13-17;/h3-15,17H2,1-2H3;1H. The maximum Gasteiger partial charge on any atom is 0.222 e. The van der Waals surface area contributed by atoms with Gasteiger partial charge in [0, 0.05) is 19.5 Å². The summed E-state index contributed by atoms with van der Waals surface area (Å²) in [7, 11) is 0. The van der Waals surface area contributed by atoms with Gasteiger partial charge in [-0.25, -0.2) is 0 Å². The van der Waals surface area contributed by atoms with E-state index in [0.717, 1.165) is 64.6 Å². The minimum atomic E-state index is 0. The Kier molecular flexibility index (Phi) is 18.5. The molecule has 0 aromatic heterocycles. The second-order valence-corrected chi connectivity index (χ2v) is 5.39. The number of nitrogens with zero attached hydrogens (tertiary/aromatic N) is 1. The Morgan fingerprint density at radius 1 is 0.850 bits per heavy atom. The van der Waals surface area contributed by atoms with Gasteiger partial charge in [0.15, 0.2) is 0 Å². The monoisotopic (exact) mass is 306 g/mol. The van der Waals surface area contributed by atoms with Gasteiger partial charge in [0.2, 0.25) is 5.91 Å². The van der Waals surface area contributed by atoms with Crippen LogP contribution in [0.3, 0.4) is 0 Å². The highest BCUT2D eigenvalue weighted by Crippen LogP contribution is 2.08. The summed E-state index contributed by atoms with van der Waals surface area (Å²) in [5.74, 6) is 0.362. The molecular formula is C16H35ClN2O. The quantitative estimate of drug-likeness (QED) is 0.520. The van der Waals surface area contributed by atoms with Crippen LogP contribution >= 0.6 is 12.4 Å². The number of carbonyl (C=O) groups is 1. The molecule has 0 aromatic carbocycles. The van der Waals surface area contributed by atoms with E-state index in [-0.39, 0.29) is 12.4 Å². The predicted octanol–water partition coefficient (Wildman–Crippen LogP) is 4.14. The molecule has 0 rings (SSSR count). The number of hydrogen-bond donors (Lipinski definition) is 1. The predicted molar refractivity (Wildman–Crippen MR) is 90.4 cm³/mol. The average molecular weight is 307 g/mol. The van der Waals surface area contributed by atoms with Crippen molar-refractivity contribution in [3.63, 3.8) is 0 Å². The summed E-state index contributed by atoms with van der Waals surface area (Å²) in [5.41, 5.74) is 5.46. The molecule has 0 saturated heterocycles. The largest absolute Gasteiger partial charge is 0.343 e. The van der Waals surface area contributed by atoms with Gasteiger partial charge in [-0.05, 0) is 32.2 Å². The Labute approximate surface area is 132 Å². The lowest BCUT2D eigenvalue weighted by atomic mass is 10.1. The molecule has 0 radical (unpaired) electrons. The average Bonchev–Trinajstić information content (AvgIpc) is 2.42. The van der Waals surface area contributed by atoms with Crippen LogP contribution in [-0.2, 0) is 4.79 Å². The highest BCUT2D eigenvalue weighted by molar-refractivity contribution is 5.85. The Morgan fingerprint density at radius 3 is 1.85 bits per heavy atom. The fraction of sp³-hybridized carbons (Fsp3) is 0.938. The van der Waals surface area contributed by atoms with E-state index in [1.54, 1.807) is 0 Å². The van der Waals surface area contributed by atoms with E-state index in [9.17, 15) is 4.79 Å². The Bertz CT molecular complexity index is 205. The van der Waals surface area contributed by atoms with Gasteiger partial charge in [-0.1, -0.05) is 46.0 Å². The molecule has 2 N–H and O–H groups in total. The van der Waals surface area contributed by atoms with E-state index in [2.05, 4.69) is 18.7 Å². The lowest BCUT2D eigenvalue weighted by Crippen LogP contribution is -2.32. The van der Waals surface area contributed by atoms with Crippen molar-refractivity contribution in [2.45, 2.75) is 78.1 Å². The van der Waals surface area contributed by atoms with Crippen molar-refractivity contribution >= 4 is 18.3 Å². The topological polar surface area (TPSA) is 46.3 Å². The van der Waals surface area contributed by atoms with Gasteiger partial charge in [-0.3, -0.25) is 4.79 Å². The summed E-state index contributed by atoms with van der Waals surface area (Å²) in [6.45, 7) is 7.05. The zero-order valence-electron chi connectivity index (χ0n) is 13.5. The van der Waals surface area contributed by atoms with Crippen LogP contribution in [0.25, 0.3) is 0 Å². The molecule has 0 aromatic rings. The molecule has 0 unspecified atom stereocenters. The highest BCUT2D eigenvalue weighted by Gasteiger charge is 2.11. The second-order valence-electron chi connectivity index (χ2n) is 5.39.